The zero-order valence-corrected chi connectivity index (χ0v) is 29.3. The highest BCUT2D eigenvalue weighted by molar-refractivity contribution is 5.77. The summed E-state index contributed by atoms with van der Waals surface area (Å²) in [4.78, 5) is 4.98. The highest BCUT2D eigenvalue weighted by Gasteiger charge is 2.36. The van der Waals surface area contributed by atoms with Crippen molar-refractivity contribution < 1.29 is 0 Å². The van der Waals surface area contributed by atoms with Crippen molar-refractivity contribution in [2.24, 2.45) is 0 Å². The van der Waals surface area contributed by atoms with Crippen molar-refractivity contribution in [1.29, 1.82) is 0 Å². The molecule has 2 aliphatic rings. The van der Waals surface area contributed by atoms with E-state index in [1.165, 1.54) is 107 Å². The molecule has 0 saturated heterocycles. The first-order chi connectivity index (χ1) is 23.4. The summed E-state index contributed by atoms with van der Waals surface area (Å²) in [6.07, 6.45) is 12.2. The molecule has 1 unspecified atom stereocenters. The predicted octanol–water partition coefficient (Wildman–Crippen LogP) is 13.0. The van der Waals surface area contributed by atoms with Gasteiger partial charge in [-0.3, -0.25) is 0 Å². The fourth-order valence-electron chi connectivity index (χ4n) is 8.07. The summed E-state index contributed by atoms with van der Waals surface area (Å²) in [5.41, 5.74) is 14.5. The standard InChI is InChI=1S/C46H50N2/c1-34-8-20-40(21-9-34)47(41-22-10-35(2)11-23-41)44-28-16-38(17-29-44)46(32-6-5-7-33-46)39-18-30-45(31-19-39)48(42-24-12-36(3)13-25-42)43-26-14-37(4)15-27-43/h8-14,16-25,28-31,43H,5-7,15,26-27,32-33H2,1-4H3. The number of benzene rings is 5. The normalized spacial score (nSPS) is 17.4. The van der Waals surface area contributed by atoms with Gasteiger partial charge in [-0.1, -0.05) is 108 Å². The minimum absolute atomic E-state index is 0.0350. The predicted molar refractivity (Wildman–Crippen MR) is 206 cm³/mol. The van der Waals surface area contributed by atoms with Crippen LogP contribution in [-0.2, 0) is 5.41 Å². The van der Waals surface area contributed by atoms with Crippen molar-refractivity contribution in [1.82, 2.24) is 0 Å². The van der Waals surface area contributed by atoms with Crippen molar-refractivity contribution in [3.8, 4) is 0 Å². The summed E-state index contributed by atoms with van der Waals surface area (Å²) >= 11 is 0. The maximum absolute atomic E-state index is 2.60. The number of allylic oxidation sites excluding steroid dienone is 1. The average molecular weight is 631 g/mol. The second-order valence-corrected chi connectivity index (χ2v) is 14.4. The lowest BCUT2D eigenvalue weighted by atomic mass is 9.65. The fraction of sp³-hybridized carbons (Fsp3) is 0.304. The van der Waals surface area contributed by atoms with Gasteiger partial charge in [0.15, 0.2) is 0 Å². The summed E-state index contributed by atoms with van der Waals surface area (Å²) in [6, 6.07) is 46.6. The smallest absolute Gasteiger partial charge is 0.0461 e. The molecule has 0 bridgehead atoms. The Bertz CT molecular complexity index is 1780. The molecule has 2 aliphatic carbocycles. The maximum atomic E-state index is 2.60. The number of nitrogens with zero attached hydrogens (tertiary/aromatic N) is 2. The van der Waals surface area contributed by atoms with Crippen LogP contribution in [0, 0.1) is 20.8 Å². The van der Waals surface area contributed by atoms with Crippen LogP contribution in [-0.4, -0.2) is 6.04 Å². The summed E-state index contributed by atoms with van der Waals surface area (Å²) in [5.74, 6) is 0. The molecule has 244 valence electrons. The van der Waals surface area contributed by atoms with Gasteiger partial charge in [-0.2, -0.15) is 0 Å². The lowest BCUT2D eigenvalue weighted by Gasteiger charge is -2.40. The molecule has 0 aromatic heterocycles. The van der Waals surface area contributed by atoms with Crippen LogP contribution in [0.4, 0.5) is 28.4 Å². The van der Waals surface area contributed by atoms with E-state index in [0.717, 1.165) is 6.42 Å². The summed E-state index contributed by atoms with van der Waals surface area (Å²) in [7, 11) is 0. The third-order valence-electron chi connectivity index (χ3n) is 11.0. The van der Waals surface area contributed by atoms with Crippen LogP contribution in [0.15, 0.2) is 133 Å². The van der Waals surface area contributed by atoms with Gasteiger partial charge in [0.25, 0.3) is 0 Å². The van der Waals surface area contributed by atoms with Crippen LogP contribution in [0.1, 0.15) is 86.1 Å². The van der Waals surface area contributed by atoms with E-state index in [9.17, 15) is 0 Å². The van der Waals surface area contributed by atoms with Crippen LogP contribution in [0.25, 0.3) is 0 Å². The number of hydrogen-bond donors (Lipinski definition) is 0. The third-order valence-corrected chi connectivity index (χ3v) is 11.0. The van der Waals surface area contributed by atoms with Gasteiger partial charge >= 0.3 is 0 Å². The Balaban J connectivity index is 1.23. The van der Waals surface area contributed by atoms with Gasteiger partial charge in [0.05, 0.1) is 0 Å². The number of anilines is 5. The second kappa shape index (κ2) is 13.9. The zero-order chi connectivity index (χ0) is 33.1. The van der Waals surface area contributed by atoms with Crippen LogP contribution in [0.5, 0.6) is 0 Å². The Morgan fingerprint density at radius 2 is 0.875 bits per heavy atom. The van der Waals surface area contributed by atoms with Gasteiger partial charge in [0.2, 0.25) is 0 Å². The molecule has 5 aromatic carbocycles. The Labute approximate surface area is 288 Å². The molecule has 48 heavy (non-hydrogen) atoms. The molecule has 7 rings (SSSR count). The topological polar surface area (TPSA) is 6.48 Å². The third kappa shape index (κ3) is 6.59. The summed E-state index contributed by atoms with van der Waals surface area (Å²) in [6.45, 7) is 8.76. The molecule has 0 aliphatic heterocycles. The first kappa shape index (κ1) is 32.0. The molecule has 5 aromatic rings. The van der Waals surface area contributed by atoms with Crippen LogP contribution >= 0.6 is 0 Å². The minimum atomic E-state index is 0.0350. The maximum Gasteiger partial charge on any atom is 0.0461 e. The van der Waals surface area contributed by atoms with Gasteiger partial charge in [-0.25, -0.2) is 0 Å². The van der Waals surface area contributed by atoms with Crippen molar-refractivity contribution in [2.75, 3.05) is 9.80 Å². The first-order valence-electron chi connectivity index (χ1n) is 18.1. The molecule has 1 fully saturated rings. The highest BCUT2D eigenvalue weighted by atomic mass is 15.2. The van der Waals surface area contributed by atoms with E-state index >= 15 is 0 Å². The van der Waals surface area contributed by atoms with E-state index in [1.807, 2.05) is 0 Å². The fourth-order valence-corrected chi connectivity index (χ4v) is 8.07. The highest BCUT2D eigenvalue weighted by Crippen LogP contribution is 2.47. The number of aryl methyl sites for hydroxylation is 3. The summed E-state index contributed by atoms with van der Waals surface area (Å²) in [5, 5.41) is 0. The molecule has 2 heteroatoms. The average Bonchev–Trinajstić information content (AvgIpc) is 3.13. The van der Waals surface area contributed by atoms with Crippen molar-refractivity contribution >= 4 is 28.4 Å². The van der Waals surface area contributed by atoms with Crippen LogP contribution < -0.4 is 9.80 Å². The quantitative estimate of drug-likeness (QED) is 0.157. The summed E-state index contributed by atoms with van der Waals surface area (Å²) < 4.78 is 0. The Morgan fingerprint density at radius 3 is 1.29 bits per heavy atom. The molecule has 0 radical (unpaired) electrons. The molecule has 1 atom stereocenters. The molecule has 2 nitrogen and oxygen atoms in total. The lowest BCUT2D eigenvalue weighted by molar-refractivity contribution is 0.346. The monoisotopic (exact) mass is 630 g/mol. The molecule has 1 saturated carbocycles. The molecular formula is C46H50N2. The largest absolute Gasteiger partial charge is 0.338 e. The van der Waals surface area contributed by atoms with Crippen molar-refractivity contribution in [3.05, 3.63) is 161 Å². The first-order valence-corrected chi connectivity index (χ1v) is 18.1. The molecule has 0 N–H and O–H groups in total. The number of hydrogen-bond acceptors (Lipinski definition) is 2. The van der Waals surface area contributed by atoms with E-state index in [1.54, 1.807) is 0 Å². The van der Waals surface area contributed by atoms with E-state index < -0.39 is 0 Å². The van der Waals surface area contributed by atoms with Gasteiger partial charge in [0.1, 0.15) is 0 Å². The lowest BCUT2D eigenvalue weighted by Crippen LogP contribution is -2.33. The van der Waals surface area contributed by atoms with Crippen molar-refractivity contribution in [3.63, 3.8) is 0 Å². The molecule has 0 spiro atoms. The van der Waals surface area contributed by atoms with E-state index in [0.29, 0.717) is 6.04 Å². The molecular weight excluding hydrogens is 581 g/mol. The Hall–Kier alpha value is -4.56. The van der Waals surface area contributed by atoms with Gasteiger partial charge in [-0.05, 0) is 132 Å². The van der Waals surface area contributed by atoms with E-state index in [-0.39, 0.29) is 5.41 Å². The zero-order valence-electron chi connectivity index (χ0n) is 29.3. The van der Waals surface area contributed by atoms with E-state index in [4.69, 9.17) is 0 Å². The SMILES string of the molecule is CC1=CCC(N(c2ccc(C)cc2)c2ccc(C3(c4ccc(N(c5ccc(C)cc5)c5ccc(C)cc5)cc4)CCCCC3)cc2)CC1. The van der Waals surface area contributed by atoms with E-state index in [2.05, 4.69) is 165 Å². The Morgan fingerprint density at radius 1 is 0.479 bits per heavy atom. The minimum Gasteiger partial charge on any atom is -0.338 e. The van der Waals surface area contributed by atoms with Gasteiger partial charge in [-0.15, -0.1) is 0 Å². The van der Waals surface area contributed by atoms with Gasteiger partial charge in [0, 0.05) is 39.9 Å². The Kier molecular flexibility index (Phi) is 9.26. The molecule has 0 amide bonds. The van der Waals surface area contributed by atoms with Crippen LogP contribution in [0.3, 0.4) is 0 Å². The molecule has 0 heterocycles. The number of rotatable bonds is 8. The van der Waals surface area contributed by atoms with Crippen LogP contribution in [0.2, 0.25) is 0 Å². The van der Waals surface area contributed by atoms with Gasteiger partial charge < -0.3 is 9.80 Å². The second-order valence-electron chi connectivity index (χ2n) is 14.4. The van der Waals surface area contributed by atoms with Crippen molar-refractivity contribution in [2.45, 2.75) is 90.5 Å².